The molecule has 4 nitrogen and oxygen atoms in total. The van der Waals surface area contributed by atoms with Crippen LogP contribution in [0, 0.1) is 6.92 Å². The molecule has 1 fully saturated rings. The van der Waals surface area contributed by atoms with E-state index in [1.807, 2.05) is 0 Å². The minimum Gasteiger partial charge on any atom is -0.362 e. The number of amides is 1. The number of fused-ring (bicyclic) bond motifs is 1. The highest BCUT2D eigenvalue weighted by Crippen LogP contribution is 2.33. The third-order valence-corrected chi connectivity index (χ3v) is 5.95. The maximum Gasteiger partial charge on any atom is 0.239 e. The topological polar surface area (TPSA) is 35.6 Å². The van der Waals surface area contributed by atoms with E-state index in [1.165, 1.54) is 16.8 Å². The van der Waals surface area contributed by atoms with Crippen LogP contribution < -0.4 is 10.2 Å². The van der Waals surface area contributed by atoms with Gasteiger partial charge in [-0.3, -0.25) is 4.79 Å². The van der Waals surface area contributed by atoms with Crippen molar-refractivity contribution in [2.45, 2.75) is 58.5 Å². The Morgan fingerprint density at radius 2 is 2.00 bits per heavy atom. The number of benzene rings is 1. The molecule has 0 unspecified atom stereocenters. The van der Waals surface area contributed by atoms with Gasteiger partial charge in [0.05, 0.1) is 6.54 Å². The van der Waals surface area contributed by atoms with Crippen LogP contribution in [0.5, 0.6) is 0 Å². The summed E-state index contributed by atoms with van der Waals surface area (Å²) in [4.78, 5) is 17.4. The summed E-state index contributed by atoms with van der Waals surface area (Å²) in [7, 11) is 0. The van der Waals surface area contributed by atoms with Crippen molar-refractivity contribution in [3.8, 4) is 0 Å². The van der Waals surface area contributed by atoms with Crippen molar-refractivity contribution in [1.82, 2.24) is 10.2 Å². The van der Waals surface area contributed by atoms with Crippen molar-refractivity contribution < 1.29 is 4.79 Å². The van der Waals surface area contributed by atoms with Gasteiger partial charge in [-0.05, 0) is 69.7 Å². The number of rotatable bonds is 4. The summed E-state index contributed by atoms with van der Waals surface area (Å²) in [6, 6.07) is 5.28. The molecule has 2 heterocycles. The molecule has 0 aliphatic carbocycles. The summed E-state index contributed by atoms with van der Waals surface area (Å²) in [5.41, 5.74) is 3.87. The van der Waals surface area contributed by atoms with Gasteiger partial charge >= 0.3 is 0 Å². The molecule has 0 saturated carbocycles. The Labute approximate surface area is 160 Å². The number of piperidine rings is 1. The SMILES string of the molecule is Cc1cc(Br)cc2c1N(CC(=O)NC1CCN(C(C)C)CC1)CCC2. The van der Waals surface area contributed by atoms with Crippen molar-refractivity contribution in [2.75, 3.05) is 31.1 Å². The average Bonchev–Trinajstić information content (AvgIpc) is 2.54. The first-order valence-corrected chi connectivity index (χ1v) is 10.3. The van der Waals surface area contributed by atoms with Gasteiger partial charge in [0.15, 0.2) is 0 Å². The number of anilines is 1. The first kappa shape index (κ1) is 18.7. The molecule has 0 spiro atoms. The highest BCUT2D eigenvalue weighted by Gasteiger charge is 2.25. The molecule has 2 aliphatic rings. The number of hydrogen-bond acceptors (Lipinski definition) is 3. The van der Waals surface area contributed by atoms with Crippen LogP contribution in [0.1, 0.15) is 44.2 Å². The number of carbonyl (C=O) groups is 1. The lowest BCUT2D eigenvalue weighted by molar-refractivity contribution is -0.120. The lowest BCUT2D eigenvalue weighted by Crippen LogP contribution is -2.49. The summed E-state index contributed by atoms with van der Waals surface area (Å²) >= 11 is 3.59. The summed E-state index contributed by atoms with van der Waals surface area (Å²) < 4.78 is 1.13. The molecule has 1 saturated heterocycles. The van der Waals surface area contributed by atoms with Crippen LogP contribution >= 0.6 is 15.9 Å². The summed E-state index contributed by atoms with van der Waals surface area (Å²) in [6.07, 6.45) is 4.34. The Bertz CT molecular complexity index is 624. The molecule has 1 aromatic rings. The van der Waals surface area contributed by atoms with Gasteiger partial charge in [0, 0.05) is 41.9 Å². The smallest absolute Gasteiger partial charge is 0.239 e. The molecule has 0 radical (unpaired) electrons. The first-order valence-electron chi connectivity index (χ1n) is 9.51. The van der Waals surface area contributed by atoms with Crippen LogP contribution in [0.25, 0.3) is 0 Å². The average molecular weight is 408 g/mol. The number of nitrogens with zero attached hydrogens (tertiary/aromatic N) is 2. The van der Waals surface area contributed by atoms with E-state index in [1.54, 1.807) is 0 Å². The van der Waals surface area contributed by atoms with Gasteiger partial charge in [-0.15, -0.1) is 0 Å². The van der Waals surface area contributed by atoms with Gasteiger partial charge in [0.1, 0.15) is 0 Å². The van der Waals surface area contributed by atoms with E-state index in [0.717, 1.165) is 49.8 Å². The second-order valence-corrected chi connectivity index (χ2v) is 8.64. The normalized spacial score (nSPS) is 19.2. The highest BCUT2D eigenvalue weighted by molar-refractivity contribution is 9.10. The summed E-state index contributed by atoms with van der Waals surface area (Å²) in [5, 5.41) is 3.27. The van der Waals surface area contributed by atoms with Crippen LogP contribution in [0.4, 0.5) is 5.69 Å². The predicted molar refractivity (Wildman–Crippen MR) is 107 cm³/mol. The number of aryl methyl sites for hydroxylation is 2. The molecular weight excluding hydrogens is 378 g/mol. The standard InChI is InChI=1S/C20H30BrN3O/c1-14(2)23-9-6-18(7-10-23)22-19(25)13-24-8-4-5-16-12-17(21)11-15(3)20(16)24/h11-12,14,18H,4-10,13H2,1-3H3,(H,22,25). The van der Waals surface area contributed by atoms with Crippen LogP contribution in [0.15, 0.2) is 16.6 Å². The molecule has 138 valence electrons. The third-order valence-electron chi connectivity index (χ3n) is 5.49. The largest absolute Gasteiger partial charge is 0.362 e. The molecule has 1 N–H and O–H groups in total. The second kappa shape index (κ2) is 8.09. The van der Waals surface area contributed by atoms with E-state index in [9.17, 15) is 4.79 Å². The Hall–Kier alpha value is -1.07. The molecule has 1 aromatic carbocycles. The van der Waals surface area contributed by atoms with E-state index in [0.29, 0.717) is 18.6 Å². The van der Waals surface area contributed by atoms with E-state index in [2.05, 4.69) is 64.0 Å². The monoisotopic (exact) mass is 407 g/mol. The van der Waals surface area contributed by atoms with Gasteiger partial charge in [-0.1, -0.05) is 15.9 Å². The number of carbonyl (C=O) groups excluding carboxylic acids is 1. The molecule has 0 bridgehead atoms. The Kier molecular flexibility index (Phi) is 6.05. The zero-order valence-corrected chi connectivity index (χ0v) is 17.2. The van der Waals surface area contributed by atoms with Crippen molar-refractivity contribution in [3.05, 3.63) is 27.7 Å². The van der Waals surface area contributed by atoms with Crippen molar-refractivity contribution >= 4 is 27.5 Å². The van der Waals surface area contributed by atoms with Crippen molar-refractivity contribution in [2.24, 2.45) is 0 Å². The maximum atomic E-state index is 12.6. The lowest BCUT2D eigenvalue weighted by Gasteiger charge is -2.36. The zero-order chi connectivity index (χ0) is 18.0. The zero-order valence-electron chi connectivity index (χ0n) is 15.6. The quantitative estimate of drug-likeness (QED) is 0.829. The number of likely N-dealkylation sites (tertiary alicyclic amines) is 1. The lowest BCUT2D eigenvalue weighted by atomic mass is 9.98. The maximum absolute atomic E-state index is 12.6. The number of hydrogen-bond donors (Lipinski definition) is 1. The minimum atomic E-state index is 0.165. The fourth-order valence-electron chi connectivity index (χ4n) is 4.19. The molecule has 1 amide bonds. The molecule has 2 aliphatic heterocycles. The van der Waals surface area contributed by atoms with Crippen LogP contribution in [-0.4, -0.2) is 49.1 Å². The number of nitrogens with one attached hydrogen (secondary N) is 1. The first-order chi connectivity index (χ1) is 11.9. The fourth-order valence-corrected chi connectivity index (χ4v) is 4.80. The van der Waals surface area contributed by atoms with Gasteiger partial charge in [0.25, 0.3) is 0 Å². The Morgan fingerprint density at radius 1 is 1.28 bits per heavy atom. The molecule has 5 heteroatoms. The van der Waals surface area contributed by atoms with Crippen LogP contribution in [-0.2, 0) is 11.2 Å². The Balaban J connectivity index is 1.58. The molecule has 3 rings (SSSR count). The van der Waals surface area contributed by atoms with Crippen LogP contribution in [0.3, 0.4) is 0 Å². The predicted octanol–water partition coefficient (Wildman–Crippen LogP) is 3.50. The van der Waals surface area contributed by atoms with Crippen LogP contribution in [0.2, 0.25) is 0 Å². The summed E-state index contributed by atoms with van der Waals surface area (Å²) in [5.74, 6) is 0.165. The summed E-state index contributed by atoms with van der Waals surface area (Å²) in [6.45, 7) is 10.2. The van der Waals surface area contributed by atoms with Gasteiger partial charge in [-0.2, -0.15) is 0 Å². The minimum absolute atomic E-state index is 0.165. The van der Waals surface area contributed by atoms with Gasteiger partial charge in [0.2, 0.25) is 5.91 Å². The van der Waals surface area contributed by atoms with E-state index >= 15 is 0 Å². The third kappa shape index (κ3) is 4.56. The van der Waals surface area contributed by atoms with Gasteiger partial charge < -0.3 is 15.1 Å². The van der Waals surface area contributed by atoms with E-state index < -0.39 is 0 Å². The molecule has 25 heavy (non-hydrogen) atoms. The van der Waals surface area contributed by atoms with Crippen molar-refractivity contribution in [3.63, 3.8) is 0 Å². The Morgan fingerprint density at radius 3 is 2.68 bits per heavy atom. The van der Waals surface area contributed by atoms with E-state index in [-0.39, 0.29) is 5.91 Å². The number of halogens is 1. The molecule has 0 atom stereocenters. The van der Waals surface area contributed by atoms with Crippen molar-refractivity contribution in [1.29, 1.82) is 0 Å². The van der Waals surface area contributed by atoms with E-state index in [4.69, 9.17) is 0 Å². The van der Waals surface area contributed by atoms with Gasteiger partial charge in [-0.25, -0.2) is 0 Å². The highest BCUT2D eigenvalue weighted by atomic mass is 79.9. The molecule has 0 aromatic heterocycles. The fraction of sp³-hybridized carbons (Fsp3) is 0.650. The molecular formula is C20H30BrN3O. The second-order valence-electron chi connectivity index (χ2n) is 7.73.